The molecule has 23 heavy (non-hydrogen) atoms. The first-order valence-electron chi connectivity index (χ1n) is 6.05. The predicted molar refractivity (Wildman–Crippen MR) is 75.7 cm³/mol. The number of carbonyl (C=O) groups is 1. The highest BCUT2D eigenvalue weighted by Gasteiger charge is 2.44. The number of fused-ring (bicyclic) bond motifs is 1. The van der Waals surface area contributed by atoms with Gasteiger partial charge < -0.3 is 19.3 Å². The number of esters is 1. The van der Waals surface area contributed by atoms with E-state index < -0.39 is 12.3 Å². The van der Waals surface area contributed by atoms with Crippen LogP contribution in [0.15, 0.2) is 30.3 Å². The molecular weight excluding hydrogens is 357 g/mol. The molecule has 0 aliphatic carbocycles. The summed E-state index contributed by atoms with van der Waals surface area (Å²) in [6.07, 6.45) is -3.83. The SMILES string of the molecule is O=C(Oc1cc(Cl)ccc1O)c1cc2c(cc1Cl)OC(F)(F)O2. The molecule has 3 rings (SSSR count). The second-order valence-corrected chi connectivity index (χ2v) is 5.29. The fraction of sp³-hybridized carbons (Fsp3) is 0.0714. The molecule has 0 bridgehead atoms. The van der Waals surface area contributed by atoms with Gasteiger partial charge in [-0.1, -0.05) is 23.2 Å². The van der Waals surface area contributed by atoms with Crippen molar-refractivity contribution < 1.29 is 32.9 Å². The minimum atomic E-state index is -3.83. The summed E-state index contributed by atoms with van der Waals surface area (Å²) in [4.78, 5) is 12.1. The topological polar surface area (TPSA) is 65.0 Å². The summed E-state index contributed by atoms with van der Waals surface area (Å²) in [6.45, 7) is 0. The van der Waals surface area contributed by atoms with Crippen LogP contribution in [0.3, 0.4) is 0 Å². The first kappa shape index (κ1) is 15.6. The van der Waals surface area contributed by atoms with Gasteiger partial charge in [-0.2, -0.15) is 0 Å². The third-order valence-corrected chi connectivity index (χ3v) is 3.38. The quantitative estimate of drug-likeness (QED) is 0.639. The Balaban J connectivity index is 1.91. The first-order valence-corrected chi connectivity index (χ1v) is 6.81. The van der Waals surface area contributed by atoms with Crippen molar-refractivity contribution in [3.05, 3.63) is 45.9 Å². The minimum absolute atomic E-state index is 0.184. The van der Waals surface area contributed by atoms with Gasteiger partial charge in [0.25, 0.3) is 0 Å². The average molecular weight is 363 g/mol. The summed E-state index contributed by atoms with van der Waals surface area (Å²) in [5.41, 5.74) is -0.244. The van der Waals surface area contributed by atoms with E-state index in [1.165, 1.54) is 18.2 Å². The third-order valence-electron chi connectivity index (χ3n) is 2.84. The fourth-order valence-electron chi connectivity index (χ4n) is 1.85. The lowest BCUT2D eigenvalue weighted by atomic mass is 10.2. The van der Waals surface area contributed by atoms with Crippen molar-refractivity contribution in [1.29, 1.82) is 0 Å². The molecule has 0 saturated heterocycles. The highest BCUT2D eigenvalue weighted by Crippen LogP contribution is 2.44. The second-order valence-electron chi connectivity index (χ2n) is 4.45. The molecule has 5 nitrogen and oxygen atoms in total. The molecule has 120 valence electrons. The lowest BCUT2D eigenvalue weighted by molar-refractivity contribution is -0.286. The number of benzene rings is 2. The van der Waals surface area contributed by atoms with Gasteiger partial charge >= 0.3 is 12.3 Å². The lowest BCUT2D eigenvalue weighted by Gasteiger charge is -2.08. The molecule has 0 fully saturated rings. The summed E-state index contributed by atoms with van der Waals surface area (Å²) in [6, 6.07) is 5.80. The largest absolute Gasteiger partial charge is 0.586 e. The normalized spacial score (nSPS) is 14.6. The molecule has 1 N–H and O–H groups in total. The van der Waals surface area contributed by atoms with E-state index in [4.69, 9.17) is 27.9 Å². The summed E-state index contributed by atoms with van der Waals surface area (Å²) in [7, 11) is 0. The van der Waals surface area contributed by atoms with E-state index in [9.17, 15) is 18.7 Å². The van der Waals surface area contributed by atoms with Crippen LogP contribution in [-0.4, -0.2) is 17.4 Å². The maximum Gasteiger partial charge on any atom is 0.586 e. The van der Waals surface area contributed by atoms with Crippen LogP contribution in [0, 0.1) is 0 Å². The Hall–Kier alpha value is -2.25. The predicted octanol–water partition coefficient (Wildman–Crippen LogP) is 4.24. The zero-order valence-electron chi connectivity index (χ0n) is 11.0. The van der Waals surface area contributed by atoms with E-state index in [2.05, 4.69) is 9.47 Å². The van der Waals surface area contributed by atoms with Gasteiger partial charge in [0.2, 0.25) is 0 Å². The molecule has 0 spiro atoms. The fourth-order valence-corrected chi connectivity index (χ4v) is 2.25. The maximum atomic E-state index is 13.0. The highest BCUT2D eigenvalue weighted by atomic mass is 35.5. The molecule has 0 saturated carbocycles. The van der Waals surface area contributed by atoms with Crippen LogP contribution in [0.5, 0.6) is 23.0 Å². The van der Waals surface area contributed by atoms with Gasteiger partial charge in [0.05, 0.1) is 10.6 Å². The molecule has 0 unspecified atom stereocenters. The van der Waals surface area contributed by atoms with Gasteiger partial charge in [-0.05, 0) is 12.1 Å². The zero-order valence-corrected chi connectivity index (χ0v) is 12.5. The molecule has 0 atom stereocenters. The monoisotopic (exact) mass is 362 g/mol. The number of rotatable bonds is 2. The van der Waals surface area contributed by atoms with Crippen LogP contribution in [0.2, 0.25) is 10.0 Å². The number of carbonyl (C=O) groups excluding carboxylic acids is 1. The van der Waals surface area contributed by atoms with E-state index in [1.807, 2.05) is 0 Å². The van der Waals surface area contributed by atoms with Crippen molar-refractivity contribution in [2.75, 3.05) is 0 Å². The number of phenols is 1. The summed E-state index contributed by atoms with van der Waals surface area (Å²) >= 11 is 11.6. The van der Waals surface area contributed by atoms with Crippen LogP contribution in [0.25, 0.3) is 0 Å². The van der Waals surface area contributed by atoms with E-state index in [1.54, 1.807) is 0 Å². The van der Waals surface area contributed by atoms with Gasteiger partial charge in [-0.15, -0.1) is 8.78 Å². The lowest BCUT2D eigenvalue weighted by Crippen LogP contribution is -2.25. The summed E-state index contributed by atoms with van der Waals surface area (Å²) < 4.78 is 39.4. The van der Waals surface area contributed by atoms with Crippen molar-refractivity contribution in [2.24, 2.45) is 0 Å². The zero-order chi connectivity index (χ0) is 16.8. The number of halogens is 4. The van der Waals surface area contributed by atoms with E-state index in [0.29, 0.717) is 0 Å². The number of alkyl halides is 2. The Labute approximate surface area is 137 Å². The summed E-state index contributed by atoms with van der Waals surface area (Å²) in [5, 5.41) is 9.65. The molecule has 0 radical (unpaired) electrons. The van der Waals surface area contributed by atoms with Crippen molar-refractivity contribution in [1.82, 2.24) is 0 Å². The van der Waals surface area contributed by atoms with E-state index >= 15 is 0 Å². The number of hydrogen-bond donors (Lipinski definition) is 1. The Morgan fingerprint density at radius 2 is 1.78 bits per heavy atom. The average Bonchev–Trinajstić information content (AvgIpc) is 2.74. The molecule has 2 aromatic rings. The molecule has 0 amide bonds. The highest BCUT2D eigenvalue weighted by molar-refractivity contribution is 6.34. The van der Waals surface area contributed by atoms with Gasteiger partial charge in [-0.3, -0.25) is 0 Å². The van der Waals surface area contributed by atoms with E-state index in [-0.39, 0.29) is 38.6 Å². The number of aromatic hydroxyl groups is 1. The van der Waals surface area contributed by atoms with Crippen LogP contribution in [0.1, 0.15) is 10.4 Å². The molecule has 1 heterocycles. The van der Waals surface area contributed by atoms with Gasteiger partial charge in [0.1, 0.15) is 0 Å². The van der Waals surface area contributed by atoms with Crippen LogP contribution >= 0.6 is 23.2 Å². The van der Waals surface area contributed by atoms with Gasteiger partial charge in [-0.25, -0.2) is 4.79 Å². The minimum Gasteiger partial charge on any atom is -0.504 e. The molecular formula is C14H6Cl2F2O5. The Kier molecular flexibility index (Phi) is 3.69. The van der Waals surface area contributed by atoms with Crippen molar-refractivity contribution in [3.8, 4) is 23.0 Å². The van der Waals surface area contributed by atoms with Gasteiger partial charge in [0, 0.05) is 23.2 Å². The Morgan fingerprint density at radius 1 is 1.13 bits per heavy atom. The Bertz CT molecular complexity index is 810. The number of phenolic OH excluding ortho intramolecular Hbond substituents is 1. The van der Waals surface area contributed by atoms with Crippen molar-refractivity contribution >= 4 is 29.2 Å². The number of hydrogen-bond acceptors (Lipinski definition) is 5. The standard InChI is InChI=1S/C14H6Cl2F2O5/c15-6-1-2-9(19)10(3-6)21-13(20)7-4-11-12(5-8(7)16)23-14(17,18)22-11/h1-5,19H. The van der Waals surface area contributed by atoms with E-state index in [0.717, 1.165) is 12.1 Å². The Morgan fingerprint density at radius 3 is 2.48 bits per heavy atom. The molecule has 9 heteroatoms. The van der Waals surface area contributed by atoms with Crippen molar-refractivity contribution in [3.63, 3.8) is 0 Å². The molecule has 2 aromatic carbocycles. The number of ether oxygens (including phenoxy) is 3. The molecule has 1 aliphatic rings. The first-order chi connectivity index (χ1) is 10.7. The van der Waals surface area contributed by atoms with Gasteiger partial charge in [0.15, 0.2) is 23.0 Å². The second kappa shape index (κ2) is 5.43. The summed E-state index contributed by atoms with van der Waals surface area (Å²) in [5.74, 6) is -2.19. The third kappa shape index (κ3) is 3.11. The van der Waals surface area contributed by atoms with Crippen LogP contribution < -0.4 is 14.2 Å². The smallest absolute Gasteiger partial charge is 0.504 e. The maximum absolute atomic E-state index is 13.0. The van der Waals surface area contributed by atoms with Crippen LogP contribution in [-0.2, 0) is 0 Å². The van der Waals surface area contributed by atoms with Crippen molar-refractivity contribution in [2.45, 2.75) is 6.29 Å². The molecule has 1 aliphatic heterocycles. The molecule has 0 aromatic heterocycles. The van der Waals surface area contributed by atoms with Crippen LogP contribution in [0.4, 0.5) is 8.78 Å².